The highest BCUT2D eigenvalue weighted by atomic mass is 15.1. The molecule has 9 aromatic carbocycles. The molecule has 0 N–H and O–H groups in total. The molecule has 0 unspecified atom stereocenters. The molecule has 0 radical (unpaired) electrons. The summed E-state index contributed by atoms with van der Waals surface area (Å²) in [5, 5.41) is 0. The summed E-state index contributed by atoms with van der Waals surface area (Å²) in [6.45, 7) is 2.16. The van der Waals surface area contributed by atoms with Crippen molar-refractivity contribution >= 4 is 17.1 Å². The number of aryl methyl sites for hydroxylation is 1. The molecule has 0 heterocycles. The largest absolute Gasteiger partial charge is 0.310 e. The van der Waals surface area contributed by atoms with Gasteiger partial charge in [0.15, 0.2) is 0 Å². The summed E-state index contributed by atoms with van der Waals surface area (Å²) in [6.07, 6.45) is 0. The van der Waals surface area contributed by atoms with E-state index in [2.05, 4.69) is 242 Å². The van der Waals surface area contributed by atoms with E-state index in [1.54, 1.807) is 0 Å². The molecule has 0 bridgehead atoms. The van der Waals surface area contributed by atoms with Gasteiger partial charge in [-0.2, -0.15) is 0 Å². The van der Waals surface area contributed by atoms with Gasteiger partial charge in [0.1, 0.15) is 0 Å². The second kappa shape index (κ2) is 13.5. The van der Waals surface area contributed by atoms with Gasteiger partial charge in [-0.15, -0.1) is 0 Å². The normalized spacial score (nSPS) is 13.9. The number of hydrogen-bond donors (Lipinski definition) is 0. The third-order valence-electron chi connectivity index (χ3n) is 12.7. The maximum atomic E-state index is 2.46. The van der Waals surface area contributed by atoms with Crippen LogP contribution in [0.25, 0.3) is 22.3 Å². The Morgan fingerprint density at radius 1 is 0.276 bits per heavy atom. The van der Waals surface area contributed by atoms with Crippen molar-refractivity contribution in [2.45, 2.75) is 17.8 Å². The molecule has 1 nitrogen and oxygen atoms in total. The molecule has 9 aromatic rings. The molecule has 0 fully saturated rings. The summed E-state index contributed by atoms with van der Waals surface area (Å²) >= 11 is 0. The lowest BCUT2D eigenvalue weighted by Gasteiger charge is -2.35. The van der Waals surface area contributed by atoms with Crippen LogP contribution in [-0.4, -0.2) is 0 Å². The molecule has 1 heteroatoms. The van der Waals surface area contributed by atoms with Crippen LogP contribution in [0, 0.1) is 6.92 Å². The quantitative estimate of drug-likeness (QED) is 0.157. The van der Waals surface area contributed by atoms with Crippen molar-refractivity contribution in [1.29, 1.82) is 0 Å². The molecule has 0 aliphatic heterocycles. The molecule has 0 aromatic heterocycles. The third-order valence-corrected chi connectivity index (χ3v) is 12.7. The SMILES string of the molecule is Cc1ccc(N(c2ccc(C3(c4ccccc4)c4ccccc4-c4ccccc43)cc2)c2ccc3c(c2)C(c2ccccc2)(c2ccccc2)c2ccccc2-3)cc1. The second-order valence-electron chi connectivity index (χ2n) is 15.7. The number of rotatable bonds is 7. The van der Waals surface area contributed by atoms with E-state index < -0.39 is 10.8 Å². The van der Waals surface area contributed by atoms with Gasteiger partial charge in [-0.1, -0.05) is 200 Å². The highest BCUT2D eigenvalue weighted by Gasteiger charge is 2.47. The Kier molecular flexibility index (Phi) is 7.91. The average molecular weight is 740 g/mol. The Bertz CT molecular complexity index is 2840. The lowest BCUT2D eigenvalue weighted by atomic mass is 9.67. The van der Waals surface area contributed by atoms with Crippen LogP contribution >= 0.6 is 0 Å². The predicted molar refractivity (Wildman–Crippen MR) is 240 cm³/mol. The zero-order chi connectivity index (χ0) is 38.7. The molecule has 0 amide bonds. The Hall–Kier alpha value is -7.22. The molecule has 2 aliphatic carbocycles. The van der Waals surface area contributed by atoms with E-state index in [4.69, 9.17) is 0 Å². The van der Waals surface area contributed by atoms with Crippen molar-refractivity contribution in [3.63, 3.8) is 0 Å². The Morgan fingerprint density at radius 3 is 1.05 bits per heavy atom. The van der Waals surface area contributed by atoms with E-state index in [0.717, 1.165) is 17.1 Å². The standard InChI is InChI=1S/C57H41N/c1-40-29-33-45(34-30-40)58(46-35-31-44(32-36-46)56(41-17-5-2-6-18-41)52-26-14-11-23-48(52)49-24-12-15-27-53(49)56)47-37-38-51-50-25-13-16-28-54(50)57(55(51)39-47,42-19-7-3-8-20-42)43-21-9-4-10-22-43/h2-39H,1H3. The van der Waals surface area contributed by atoms with E-state index >= 15 is 0 Å². The summed E-state index contributed by atoms with van der Waals surface area (Å²) in [4.78, 5) is 2.43. The van der Waals surface area contributed by atoms with Crippen molar-refractivity contribution in [2.75, 3.05) is 4.90 Å². The maximum absolute atomic E-state index is 2.46. The first-order valence-corrected chi connectivity index (χ1v) is 20.3. The van der Waals surface area contributed by atoms with Crippen molar-refractivity contribution < 1.29 is 0 Å². The van der Waals surface area contributed by atoms with Gasteiger partial charge >= 0.3 is 0 Å². The number of fused-ring (bicyclic) bond motifs is 6. The average Bonchev–Trinajstić information content (AvgIpc) is 3.77. The maximum Gasteiger partial charge on any atom is 0.0714 e. The first kappa shape index (κ1) is 34.1. The number of nitrogens with zero attached hydrogens (tertiary/aromatic N) is 1. The van der Waals surface area contributed by atoms with Crippen LogP contribution in [0.15, 0.2) is 231 Å². The summed E-state index contributed by atoms with van der Waals surface area (Å²) < 4.78 is 0. The monoisotopic (exact) mass is 739 g/mol. The molecular weight excluding hydrogens is 699 g/mol. The minimum absolute atomic E-state index is 0.452. The Labute approximate surface area is 341 Å². The van der Waals surface area contributed by atoms with Gasteiger partial charge in [-0.3, -0.25) is 0 Å². The van der Waals surface area contributed by atoms with Crippen LogP contribution in [0.5, 0.6) is 0 Å². The number of hydrogen-bond acceptors (Lipinski definition) is 1. The summed E-state index contributed by atoms with van der Waals surface area (Å²) in [7, 11) is 0. The van der Waals surface area contributed by atoms with Crippen LogP contribution in [0.2, 0.25) is 0 Å². The van der Waals surface area contributed by atoms with Crippen LogP contribution < -0.4 is 4.90 Å². The minimum Gasteiger partial charge on any atom is -0.310 e. The second-order valence-corrected chi connectivity index (χ2v) is 15.7. The van der Waals surface area contributed by atoms with Crippen LogP contribution in [0.1, 0.15) is 50.1 Å². The fourth-order valence-electron chi connectivity index (χ4n) is 10.3. The molecule has 0 spiro atoms. The van der Waals surface area contributed by atoms with E-state index in [-0.39, 0.29) is 0 Å². The van der Waals surface area contributed by atoms with Gasteiger partial charge in [0.25, 0.3) is 0 Å². The van der Waals surface area contributed by atoms with Crippen molar-refractivity contribution in [3.05, 3.63) is 281 Å². The topological polar surface area (TPSA) is 3.24 Å². The van der Waals surface area contributed by atoms with Crippen molar-refractivity contribution in [2.24, 2.45) is 0 Å². The Morgan fingerprint density at radius 2 is 0.603 bits per heavy atom. The fraction of sp³-hybridized carbons (Fsp3) is 0.0526. The van der Waals surface area contributed by atoms with Gasteiger partial charge in [0, 0.05) is 17.1 Å². The third kappa shape index (κ3) is 4.90. The van der Waals surface area contributed by atoms with Gasteiger partial charge in [-0.25, -0.2) is 0 Å². The van der Waals surface area contributed by atoms with Gasteiger partial charge in [0.05, 0.1) is 10.8 Å². The van der Waals surface area contributed by atoms with Crippen molar-refractivity contribution in [3.8, 4) is 22.3 Å². The molecule has 274 valence electrons. The first-order valence-electron chi connectivity index (χ1n) is 20.3. The molecular formula is C57H41N. The molecule has 0 saturated carbocycles. The molecule has 11 rings (SSSR count). The van der Waals surface area contributed by atoms with Crippen LogP contribution in [0.3, 0.4) is 0 Å². The molecule has 0 atom stereocenters. The van der Waals surface area contributed by atoms with Crippen LogP contribution in [0.4, 0.5) is 17.1 Å². The van der Waals surface area contributed by atoms with E-state index in [0.29, 0.717) is 0 Å². The zero-order valence-electron chi connectivity index (χ0n) is 32.4. The molecule has 2 aliphatic rings. The number of anilines is 3. The zero-order valence-corrected chi connectivity index (χ0v) is 32.4. The van der Waals surface area contributed by atoms with Gasteiger partial charge in [-0.05, 0) is 110 Å². The predicted octanol–water partition coefficient (Wildman–Crippen LogP) is 14.2. The fourth-order valence-corrected chi connectivity index (χ4v) is 10.3. The van der Waals surface area contributed by atoms with E-state index in [1.165, 1.54) is 72.3 Å². The van der Waals surface area contributed by atoms with Gasteiger partial charge in [0.2, 0.25) is 0 Å². The summed E-state index contributed by atoms with van der Waals surface area (Å²) in [5.74, 6) is 0. The van der Waals surface area contributed by atoms with E-state index in [9.17, 15) is 0 Å². The smallest absolute Gasteiger partial charge is 0.0714 e. The lowest BCUT2D eigenvalue weighted by molar-refractivity contribution is 0.768. The number of benzene rings is 9. The highest BCUT2D eigenvalue weighted by molar-refractivity contribution is 5.90. The Balaban J connectivity index is 1.13. The van der Waals surface area contributed by atoms with E-state index in [1.807, 2.05) is 0 Å². The van der Waals surface area contributed by atoms with Crippen LogP contribution in [-0.2, 0) is 10.8 Å². The van der Waals surface area contributed by atoms with Gasteiger partial charge < -0.3 is 4.90 Å². The first-order chi connectivity index (χ1) is 28.7. The lowest BCUT2D eigenvalue weighted by Crippen LogP contribution is -2.29. The van der Waals surface area contributed by atoms with Crippen molar-refractivity contribution in [1.82, 2.24) is 0 Å². The minimum atomic E-state index is -0.488. The summed E-state index contributed by atoms with van der Waals surface area (Å²) in [6, 6.07) is 85.5. The molecule has 58 heavy (non-hydrogen) atoms. The highest BCUT2D eigenvalue weighted by Crippen LogP contribution is 2.58. The summed E-state index contributed by atoms with van der Waals surface area (Å²) in [5.41, 5.74) is 19.1. The molecule has 0 saturated heterocycles.